The number of fused-ring (bicyclic) bond motifs is 3. The number of ketones is 1. The average Bonchev–Trinajstić information content (AvgIpc) is 2.75. The normalized spacial score (nSPS) is 12.4. The van der Waals surface area contributed by atoms with Gasteiger partial charge in [0.2, 0.25) is 5.78 Å². The first-order valence-corrected chi connectivity index (χ1v) is 8.65. The van der Waals surface area contributed by atoms with Crippen LogP contribution in [0.2, 0.25) is 0 Å². The van der Waals surface area contributed by atoms with E-state index in [0.29, 0.717) is 5.75 Å². The Morgan fingerprint density at radius 1 is 1.05 bits per heavy atom. The maximum Gasteiger partial charge on any atom is 0.211 e. The molecule has 0 radical (unpaired) electrons. The first-order valence-electron chi connectivity index (χ1n) is 6.44. The van der Waals surface area contributed by atoms with E-state index in [-0.39, 0.29) is 16.7 Å². The summed E-state index contributed by atoms with van der Waals surface area (Å²) in [6, 6.07) is 14.7. The Morgan fingerprint density at radius 2 is 1.79 bits per heavy atom. The monoisotopic (exact) mass is 269 g/mol. The molecule has 0 aromatic heterocycles. The summed E-state index contributed by atoms with van der Waals surface area (Å²) in [5.41, 5.74) is 6.14. The molecule has 96 valence electrons. The Morgan fingerprint density at radius 3 is 2.58 bits per heavy atom. The smallest absolute Gasteiger partial charge is 0.211 e. The third kappa shape index (κ3) is 2.33. The van der Waals surface area contributed by atoms with E-state index in [0.717, 1.165) is 12.0 Å². The van der Waals surface area contributed by atoms with Crippen molar-refractivity contribution in [2.45, 2.75) is 6.42 Å². The van der Waals surface area contributed by atoms with Crippen molar-refractivity contribution < 1.29 is 4.79 Å². The van der Waals surface area contributed by atoms with Gasteiger partial charge in [0.15, 0.2) is 5.75 Å². The summed E-state index contributed by atoms with van der Waals surface area (Å²) >= 11 is 0. The zero-order valence-electron chi connectivity index (χ0n) is 11.3. The van der Waals surface area contributed by atoms with E-state index in [4.69, 9.17) is 0 Å². The summed E-state index contributed by atoms with van der Waals surface area (Å²) in [6.45, 7) is 0. The number of hydrogen-bond donors (Lipinski definition) is 0. The molecule has 2 aromatic rings. The number of rotatable bonds is 3. The van der Waals surface area contributed by atoms with Crippen LogP contribution >= 0.6 is 0 Å². The number of benzene rings is 2. The second kappa shape index (κ2) is 4.86. The topological polar surface area (TPSA) is 17.1 Å². The van der Waals surface area contributed by atoms with Crippen molar-refractivity contribution in [3.05, 3.63) is 59.2 Å². The lowest BCUT2D eigenvalue weighted by molar-refractivity contribution is 0.102. The fraction of sp³-hybridized carbons (Fsp3) is 0.235. The van der Waals surface area contributed by atoms with Crippen molar-refractivity contribution in [2.75, 3.05) is 18.3 Å². The van der Waals surface area contributed by atoms with Crippen LogP contribution < -0.4 is 0 Å². The first-order chi connectivity index (χ1) is 9.15. The van der Waals surface area contributed by atoms with Gasteiger partial charge in [0.05, 0.1) is 12.5 Å². The molecular formula is C17H17OS+. The fourth-order valence-electron chi connectivity index (χ4n) is 2.66. The predicted molar refractivity (Wildman–Crippen MR) is 83.1 cm³/mol. The Labute approximate surface area is 117 Å². The predicted octanol–water partition coefficient (Wildman–Crippen LogP) is 3.32. The van der Waals surface area contributed by atoms with Crippen molar-refractivity contribution in [2.24, 2.45) is 0 Å². The lowest BCUT2D eigenvalue weighted by Gasteiger charge is -2.04. The first kappa shape index (κ1) is 12.5. The summed E-state index contributed by atoms with van der Waals surface area (Å²) in [5, 5.41) is 0. The maximum atomic E-state index is 12.1. The van der Waals surface area contributed by atoms with Gasteiger partial charge >= 0.3 is 0 Å². The van der Waals surface area contributed by atoms with Crippen molar-refractivity contribution >= 4 is 16.7 Å². The average molecular weight is 269 g/mol. The molecule has 1 aliphatic carbocycles. The van der Waals surface area contributed by atoms with E-state index in [9.17, 15) is 4.79 Å². The molecule has 1 aliphatic rings. The summed E-state index contributed by atoms with van der Waals surface area (Å²) < 4.78 is 0. The van der Waals surface area contributed by atoms with Gasteiger partial charge in [0.1, 0.15) is 0 Å². The molecule has 1 nitrogen and oxygen atoms in total. The molecule has 0 bridgehead atoms. The number of carbonyl (C=O) groups excluding carboxylic acids is 1. The minimum absolute atomic E-state index is 0.166. The molecule has 19 heavy (non-hydrogen) atoms. The van der Waals surface area contributed by atoms with Gasteiger partial charge in [-0.2, -0.15) is 0 Å². The zero-order chi connectivity index (χ0) is 13.4. The molecule has 0 saturated carbocycles. The third-order valence-corrected chi connectivity index (χ3v) is 4.37. The standard InChI is InChI=1S/C17H17OS/c1-19(2)11-17(18)13-7-8-16-14(10-13)9-12-5-3-4-6-15(12)16/h3-8,10H,9,11H2,1-2H3/q+1. The zero-order valence-corrected chi connectivity index (χ0v) is 12.1. The molecular weight excluding hydrogens is 252 g/mol. The van der Waals surface area contributed by atoms with Gasteiger partial charge in [-0.05, 0) is 45.6 Å². The molecule has 0 spiro atoms. The molecule has 3 rings (SSSR count). The van der Waals surface area contributed by atoms with E-state index in [1.807, 2.05) is 6.07 Å². The van der Waals surface area contributed by atoms with Gasteiger partial charge in [0.25, 0.3) is 0 Å². The van der Waals surface area contributed by atoms with Crippen LogP contribution in [0.3, 0.4) is 0 Å². The third-order valence-electron chi connectivity index (χ3n) is 3.54. The Kier molecular flexibility index (Phi) is 3.19. The van der Waals surface area contributed by atoms with E-state index in [1.165, 1.54) is 22.3 Å². The molecule has 2 heteroatoms. The fourth-order valence-corrected chi connectivity index (χ4v) is 3.36. The van der Waals surface area contributed by atoms with E-state index < -0.39 is 0 Å². The molecule has 0 heterocycles. The minimum atomic E-state index is 0.166. The number of hydrogen-bond acceptors (Lipinski definition) is 1. The van der Waals surface area contributed by atoms with E-state index >= 15 is 0 Å². The summed E-state index contributed by atoms with van der Waals surface area (Å²) in [7, 11) is 0.166. The number of Topliss-reactive ketones (excluding diaryl/α,β-unsaturated/α-hetero) is 1. The minimum Gasteiger partial charge on any atom is -0.289 e. The molecule has 0 saturated heterocycles. The van der Waals surface area contributed by atoms with Gasteiger partial charge < -0.3 is 0 Å². The summed E-state index contributed by atoms with van der Waals surface area (Å²) in [6.07, 6.45) is 5.18. The highest BCUT2D eigenvalue weighted by molar-refractivity contribution is 7.96. The van der Waals surface area contributed by atoms with Crippen LogP contribution in [0.1, 0.15) is 21.5 Å². The van der Waals surface area contributed by atoms with Crippen molar-refractivity contribution in [3.63, 3.8) is 0 Å². The molecule has 0 atom stereocenters. The molecule has 0 aliphatic heterocycles. The second-order valence-electron chi connectivity index (χ2n) is 5.26. The van der Waals surface area contributed by atoms with Crippen LogP contribution in [0.15, 0.2) is 42.5 Å². The lowest BCUT2D eigenvalue weighted by Crippen LogP contribution is -2.13. The maximum absolute atomic E-state index is 12.1. The summed E-state index contributed by atoms with van der Waals surface area (Å²) in [4.78, 5) is 12.1. The lowest BCUT2D eigenvalue weighted by atomic mass is 10.0. The Hall–Kier alpha value is -1.54. The van der Waals surface area contributed by atoms with Gasteiger partial charge in [-0.3, -0.25) is 4.79 Å². The SMILES string of the molecule is C[S+](C)CC(=O)c1ccc2c(c1)Cc1ccccc1-2. The van der Waals surface area contributed by atoms with Crippen LogP contribution in [0.25, 0.3) is 11.1 Å². The highest BCUT2D eigenvalue weighted by atomic mass is 32.2. The van der Waals surface area contributed by atoms with Crippen molar-refractivity contribution in [1.29, 1.82) is 0 Å². The van der Waals surface area contributed by atoms with Gasteiger partial charge in [-0.25, -0.2) is 0 Å². The Bertz CT molecular complexity index is 643. The molecule has 0 unspecified atom stereocenters. The van der Waals surface area contributed by atoms with E-state index in [1.54, 1.807) is 0 Å². The van der Waals surface area contributed by atoms with Crippen LogP contribution in [0, 0.1) is 0 Å². The molecule has 0 amide bonds. The van der Waals surface area contributed by atoms with Gasteiger partial charge in [-0.15, -0.1) is 0 Å². The van der Waals surface area contributed by atoms with Crippen LogP contribution in [0.5, 0.6) is 0 Å². The molecule has 0 N–H and O–H groups in total. The van der Waals surface area contributed by atoms with Gasteiger partial charge in [-0.1, -0.05) is 36.4 Å². The van der Waals surface area contributed by atoms with Crippen molar-refractivity contribution in [1.82, 2.24) is 0 Å². The number of carbonyl (C=O) groups is 1. The molecule has 0 fully saturated rings. The van der Waals surface area contributed by atoms with Crippen LogP contribution in [-0.4, -0.2) is 24.0 Å². The molecule has 2 aromatic carbocycles. The highest BCUT2D eigenvalue weighted by Gasteiger charge is 2.20. The van der Waals surface area contributed by atoms with Crippen LogP contribution in [0.4, 0.5) is 0 Å². The summed E-state index contributed by atoms with van der Waals surface area (Å²) in [5.74, 6) is 0.929. The van der Waals surface area contributed by atoms with E-state index in [2.05, 4.69) is 48.9 Å². The van der Waals surface area contributed by atoms with Crippen LogP contribution in [-0.2, 0) is 17.3 Å². The Balaban J connectivity index is 1.95. The van der Waals surface area contributed by atoms with Gasteiger partial charge in [0, 0.05) is 5.56 Å². The quantitative estimate of drug-likeness (QED) is 0.526. The second-order valence-corrected chi connectivity index (χ2v) is 7.52. The highest BCUT2D eigenvalue weighted by Crippen LogP contribution is 2.36. The largest absolute Gasteiger partial charge is 0.289 e. The van der Waals surface area contributed by atoms with Crippen molar-refractivity contribution in [3.8, 4) is 11.1 Å².